The van der Waals surface area contributed by atoms with Crippen LogP contribution in [0, 0.1) is 0 Å². The summed E-state index contributed by atoms with van der Waals surface area (Å²) >= 11 is 0. The molecule has 0 aliphatic rings. The highest BCUT2D eigenvalue weighted by Gasteiger charge is 2.06. The smallest absolute Gasteiger partial charge is 0.315 e. The second-order valence-corrected chi connectivity index (χ2v) is 4.82. The number of benzene rings is 1. The summed E-state index contributed by atoms with van der Waals surface area (Å²) < 4.78 is 0. The summed E-state index contributed by atoms with van der Waals surface area (Å²) in [6.07, 6.45) is 1.95. The summed E-state index contributed by atoms with van der Waals surface area (Å²) in [6, 6.07) is 9.44. The third kappa shape index (κ3) is 4.76. The van der Waals surface area contributed by atoms with Crippen molar-refractivity contribution < 1.29 is 4.79 Å². The maximum atomic E-state index is 11.6. The van der Waals surface area contributed by atoms with Crippen LogP contribution >= 0.6 is 0 Å². The molecule has 110 valence electrons. The number of nitrogens with one attached hydrogen (secondary N) is 3. The van der Waals surface area contributed by atoms with Gasteiger partial charge in [0.1, 0.15) is 5.82 Å². The van der Waals surface area contributed by atoms with Gasteiger partial charge in [0.2, 0.25) is 0 Å². The van der Waals surface area contributed by atoms with Crippen LogP contribution in [0.25, 0.3) is 11.4 Å². The molecule has 0 spiro atoms. The van der Waals surface area contributed by atoms with Gasteiger partial charge in [-0.2, -0.15) is 5.10 Å². The van der Waals surface area contributed by atoms with Crippen LogP contribution in [0.5, 0.6) is 0 Å². The average Bonchev–Trinajstić information content (AvgIpc) is 2.94. The summed E-state index contributed by atoms with van der Waals surface area (Å²) in [4.78, 5) is 15.9. The molecule has 3 N–H and O–H groups in total. The number of hydrogen-bond acceptors (Lipinski definition) is 3. The Morgan fingerprint density at radius 1 is 1.24 bits per heavy atom. The van der Waals surface area contributed by atoms with Crippen LogP contribution in [0.2, 0.25) is 0 Å². The van der Waals surface area contributed by atoms with Gasteiger partial charge in [0.15, 0.2) is 5.82 Å². The number of H-pyrrole nitrogens is 1. The Balaban J connectivity index is 1.83. The van der Waals surface area contributed by atoms with Crippen molar-refractivity contribution in [1.29, 1.82) is 0 Å². The molecule has 0 aliphatic carbocycles. The van der Waals surface area contributed by atoms with E-state index in [0.29, 0.717) is 24.7 Å². The van der Waals surface area contributed by atoms with Gasteiger partial charge in [-0.3, -0.25) is 5.10 Å². The lowest BCUT2D eigenvalue weighted by atomic mass is 10.2. The molecule has 1 aromatic heterocycles. The van der Waals surface area contributed by atoms with Gasteiger partial charge in [-0.25, -0.2) is 9.78 Å². The van der Waals surface area contributed by atoms with Crippen LogP contribution in [0.3, 0.4) is 0 Å². The molecule has 0 fully saturated rings. The first-order valence-electron chi connectivity index (χ1n) is 6.77. The van der Waals surface area contributed by atoms with E-state index in [-0.39, 0.29) is 6.03 Å². The first-order chi connectivity index (χ1) is 10.1. The topological polar surface area (TPSA) is 82.7 Å². The van der Waals surface area contributed by atoms with E-state index in [0.717, 1.165) is 11.1 Å². The maximum absolute atomic E-state index is 11.6. The Kier molecular flexibility index (Phi) is 5.09. The van der Waals surface area contributed by atoms with E-state index in [1.54, 1.807) is 0 Å². The highest BCUT2D eigenvalue weighted by Crippen LogP contribution is 2.12. The monoisotopic (exact) mass is 285 g/mol. The minimum Gasteiger partial charge on any atom is -0.335 e. The molecule has 1 heterocycles. The van der Waals surface area contributed by atoms with Gasteiger partial charge >= 0.3 is 6.03 Å². The Labute approximate surface area is 123 Å². The van der Waals surface area contributed by atoms with Crippen LogP contribution in [0.1, 0.15) is 19.7 Å². The van der Waals surface area contributed by atoms with Gasteiger partial charge < -0.3 is 10.6 Å². The minimum atomic E-state index is -0.231. The van der Waals surface area contributed by atoms with Gasteiger partial charge in [-0.05, 0) is 13.8 Å². The molecule has 0 saturated heterocycles. The van der Waals surface area contributed by atoms with E-state index in [9.17, 15) is 4.79 Å². The summed E-state index contributed by atoms with van der Waals surface area (Å²) in [5, 5.41) is 12.4. The fraction of sp³-hybridized carbons (Fsp3) is 0.267. The molecule has 2 rings (SSSR count). The molecule has 21 heavy (non-hydrogen) atoms. The number of rotatable bonds is 5. The SMILES string of the molecule is CC(C)=CCNC(=O)NCc1nc(-c2ccccc2)n[nH]1. The van der Waals surface area contributed by atoms with E-state index < -0.39 is 0 Å². The molecule has 0 saturated carbocycles. The number of nitrogens with zero attached hydrogens (tertiary/aromatic N) is 2. The molecule has 2 aromatic rings. The normalized spacial score (nSPS) is 10.0. The Hall–Kier alpha value is -2.63. The summed E-state index contributed by atoms with van der Waals surface area (Å²) in [7, 11) is 0. The van der Waals surface area contributed by atoms with E-state index in [1.807, 2.05) is 50.3 Å². The van der Waals surface area contributed by atoms with Crippen LogP contribution in [-0.2, 0) is 6.54 Å². The second-order valence-electron chi connectivity index (χ2n) is 4.82. The highest BCUT2D eigenvalue weighted by atomic mass is 16.2. The zero-order valence-corrected chi connectivity index (χ0v) is 12.2. The van der Waals surface area contributed by atoms with Crippen molar-refractivity contribution in [3.05, 3.63) is 47.8 Å². The molecule has 0 unspecified atom stereocenters. The number of urea groups is 1. The predicted molar refractivity (Wildman–Crippen MR) is 81.5 cm³/mol. The van der Waals surface area contributed by atoms with Crippen LogP contribution in [0.15, 0.2) is 42.0 Å². The molecule has 0 aliphatic heterocycles. The molecule has 0 bridgehead atoms. The minimum absolute atomic E-state index is 0.231. The van der Waals surface area contributed by atoms with E-state index in [1.165, 1.54) is 0 Å². The Bertz CT molecular complexity index is 614. The average molecular weight is 285 g/mol. The van der Waals surface area contributed by atoms with Crippen molar-refractivity contribution in [1.82, 2.24) is 25.8 Å². The third-order valence-corrected chi connectivity index (χ3v) is 2.75. The molecule has 6 heteroatoms. The first kappa shape index (κ1) is 14.8. The van der Waals surface area contributed by atoms with Crippen molar-refractivity contribution >= 4 is 6.03 Å². The molecular weight excluding hydrogens is 266 g/mol. The molecule has 1 aromatic carbocycles. The van der Waals surface area contributed by atoms with Gasteiger partial charge in [0.05, 0.1) is 6.54 Å². The first-order valence-corrected chi connectivity index (χ1v) is 6.77. The zero-order valence-electron chi connectivity index (χ0n) is 12.2. The number of aromatic amines is 1. The molecule has 0 atom stereocenters. The summed E-state index contributed by atoms with van der Waals surface area (Å²) in [6.45, 7) is 4.79. The number of hydrogen-bond donors (Lipinski definition) is 3. The van der Waals surface area contributed by atoms with E-state index >= 15 is 0 Å². The molecule has 6 nitrogen and oxygen atoms in total. The lowest BCUT2D eigenvalue weighted by Crippen LogP contribution is -2.35. The van der Waals surface area contributed by atoms with Crippen molar-refractivity contribution in [2.45, 2.75) is 20.4 Å². The maximum Gasteiger partial charge on any atom is 0.315 e. The number of carbonyl (C=O) groups excluding carboxylic acids is 1. The predicted octanol–water partition coefficient (Wildman–Crippen LogP) is 2.24. The number of amides is 2. The van der Waals surface area contributed by atoms with Crippen molar-refractivity contribution in [3.8, 4) is 11.4 Å². The number of aromatic nitrogens is 3. The van der Waals surface area contributed by atoms with Gasteiger partial charge in [-0.15, -0.1) is 0 Å². The third-order valence-electron chi connectivity index (χ3n) is 2.75. The lowest BCUT2D eigenvalue weighted by molar-refractivity contribution is 0.241. The quantitative estimate of drug-likeness (QED) is 0.737. The fourth-order valence-corrected chi connectivity index (χ4v) is 1.67. The van der Waals surface area contributed by atoms with Crippen LogP contribution in [0.4, 0.5) is 4.79 Å². The molecule has 0 radical (unpaired) electrons. The summed E-state index contributed by atoms with van der Waals surface area (Å²) in [5.74, 6) is 1.24. The van der Waals surface area contributed by atoms with Crippen molar-refractivity contribution in [2.24, 2.45) is 0 Å². The molecule has 2 amide bonds. The second kappa shape index (κ2) is 7.23. The summed E-state index contributed by atoms with van der Waals surface area (Å²) in [5.41, 5.74) is 2.10. The van der Waals surface area contributed by atoms with Crippen molar-refractivity contribution in [2.75, 3.05) is 6.54 Å². The highest BCUT2D eigenvalue weighted by molar-refractivity contribution is 5.73. The standard InChI is InChI=1S/C15H19N5O/c1-11(2)8-9-16-15(21)17-10-13-18-14(20-19-13)12-6-4-3-5-7-12/h3-8H,9-10H2,1-2H3,(H2,16,17,21)(H,18,19,20). The number of allylic oxidation sites excluding steroid dienone is 1. The molecular formula is C15H19N5O. The van der Waals surface area contributed by atoms with Gasteiger partial charge in [0, 0.05) is 12.1 Å². The fourth-order valence-electron chi connectivity index (χ4n) is 1.67. The van der Waals surface area contributed by atoms with Gasteiger partial charge in [-0.1, -0.05) is 42.0 Å². The van der Waals surface area contributed by atoms with E-state index in [2.05, 4.69) is 25.8 Å². The lowest BCUT2D eigenvalue weighted by Gasteiger charge is -2.03. The van der Waals surface area contributed by atoms with Crippen LogP contribution in [-0.4, -0.2) is 27.8 Å². The van der Waals surface area contributed by atoms with E-state index in [4.69, 9.17) is 0 Å². The number of carbonyl (C=O) groups is 1. The van der Waals surface area contributed by atoms with Crippen molar-refractivity contribution in [3.63, 3.8) is 0 Å². The van der Waals surface area contributed by atoms with Crippen LogP contribution < -0.4 is 10.6 Å². The zero-order chi connectivity index (χ0) is 15.1. The largest absolute Gasteiger partial charge is 0.335 e. The van der Waals surface area contributed by atoms with Gasteiger partial charge in [0.25, 0.3) is 0 Å². The Morgan fingerprint density at radius 2 is 2.00 bits per heavy atom. The Morgan fingerprint density at radius 3 is 2.71 bits per heavy atom.